The molecule has 5 heteroatoms. The van der Waals surface area contributed by atoms with Crippen LogP contribution in [0.2, 0.25) is 0 Å². The van der Waals surface area contributed by atoms with Crippen LogP contribution in [0.15, 0.2) is 30.3 Å². The Labute approximate surface area is 144 Å². The third-order valence-corrected chi connectivity index (χ3v) is 4.33. The van der Waals surface area contributed by atoms with Gasteiger partial charge in [0.1, 0.15) is 6.10 Å². The molecule has 2 amide bonds. The summed E-state index contributed by atoms with van der Waals surface area (Å²) >= 11 is 0. The fraction of sp³-hybridized carbons (Fsp3) is 0.579. The summed E-state index contributed by atoms with van der Waals surface area (Å²) < 4.78 is 5.56. The lowest BCUT2D eigenvalue weighted by atomic mass is 9.93. The molecule has 24 heavy (non-hydrogen) atoms. The summed E-state index contributed by atoms with van der Waals surface area (Å²) in [7, 11) is 0. The van der Waals surface area contributed by atoms with Crippen LogP contribution in [0.4, 0.5) is 4.79 Å². The Morgan fingerprint density at radius 2 is 1.83 bits per heavy atom. The summed E-state index contributed by atoms with van der Waals surface area (Å²) in [4.78, 5) is 23.4. The summed E-state index contributed by atoms with van der Waals surface area (Å²) in [6.07, 6.45) is 5.55. The number of esters is 1. The Morgan fingerprint density at radius 1 is 1.12 bits per heavy atom. The van der Waals surface area contributed by atoms with E-state index >= 15 is 0 Å². The maximum absolute atomic E-state index is 11.9. The van der Waals surface area contributed by atoms with Crippen molar-refractivity contribution >= 4 is 12.0 Å². The molecule has 0 heterocycles. The van der Waals surface area contributed by atoms with Gasteiger partial charge in [-0.25, -0.2) is 4.79 Å². The molecular formula is C19H28N2O3. The zero-order valence-electron chi connectivity index (χ0n) is 14.4. The maximum Gasteiger partial charge on any atom is 0.314 e. The second-order valence-corrected chi connectivity index (χ2v) is 6.31. The van der Waals surface area contributed by atoms with Crippen LogP contribution in [0.25, 0.3) is 0 Å². The molecule has 132 valence electrons. The van der Waals surface area contributed by atoms with Gasteiger partial charge < -0.3 is 15.4 Å². The van der Waals surface area contributed by atoms with Gasteiger partial charge in [0, 0.05) is 19.0 Å². The van der Waals surface area contributed by atoms with Crippen molar-refractivity contribution in [2.45, 2.75) is 64.0 Å². The number of amides is 2. The molecule has 0 saturated heterocycles. The molecule has 2 rings (SSSR count). The molecule has 1 aliphatic rings. The van der Waals surface area contributed by atoms with E-state index in [1.807, 2.05) is 25.1 Å². The van der Waals surface area contributed by atoms with Crippen molar-refractivity contribution in [1.82, 2.24) is 10.6 Å². The normalized spacial score (nSPS) is 20.2. The number of rotatable bonds is 7. The third kappa shape index (κ3) is 6.60. The molecular weight excluding hydrogens is 304 g/mol. The minimum atomic E-state index is -0.112. The number of hydrogen-bond donors (Lipinski definition) is 2. The number of carbonyl (C=O) groups is 2. The van der Waals surface area contributed by atoms with Crippen LogP contribution in [0.5, 0.6) is 0 Å². The third-order valence-electron chi connectivity index (χ3n) is 4.33. The van der Waals surface area contributed by atoms with Gasteiger partial charge in [-0.1, -0.05) is 30.3 Å². The van der Waals surface area contributed by atoms with Crippen molar-refractivity contribution in [3.8, 4) is 0 Å². The van der Waals surface area contributed by atoms with Crippen molar-refractivity contribution in [1.29, 1.82) is 0 Å². The van der Waals surface area contributed by atoms with Gasteiger partial charge in [-0.05, 0) is 51.0 Å². The average Bonchev–Trinajstić information content (AvgIpc) is 2.58. The number of aryl methyl sites for hydroxylation is 1. The topological polar surface area (TPSA) is 67.4 Å². The van der Waals surface area contributed by atoms with Crippen LogP contribution in [0.3, 0.4) is 0 Å². The predicted octanol–water partition coefficient (Wildman–Crippen LogP) is 3.18. The SMILES string of the molecule is CCNC(=O)NC1CCC(OC(=O)CCCc2ccccc2)CC1. The van der Waals surface area contributed by atoms with E-state index in [0.29, 0.717) is 13.0 Å². The molecule has 0 aliphatic heterocycles. The Hall–Kier alpha value is -2.04. The molecule has 0 spiro atoms. The molecule has 1 aromatic rings. The zero-order chi connectivity index (χ0) is 17.2. The van der Waals surface area contributed by atoms with Crippen LogP contribution >= 0.6 is 0 Å². The van der Waals surface area contributed by atoms with Crippen molar-refractivity contribution in [2.75, 3.05) is 6.54 Å². The van der Waals surface area contributed by atoms with Crippen LogP contribution in [-0.4, -0.2) is 30.7 Å². The lowest BCUT2D eigenvalue weighted by Crippen LogP contribution is -2.44. The first-order chi connectivity index (χ1) is 11.7. The smallest absolute Gasteiger partial charge is 0.314 e. The summed E-state index contributed by atoms with van der Waals surface area (Å²) in [6.45, 7) is 2.52. The quantitative estimate of drug-likeness (QED) is 0.754. The van der Waals surface area contributed by atoms with Gasteiger partial charge in [-0.15, -0.1) is 0 Å². The lowest BCUT2D eigenvalue weighted by molar-refractivity contribution is -0.150. The number of urea groups is 1. The van der Waals surface area contributed by atoms with Gasteiger partial charge in [0.05, 0.1) is 0 Å². The van der Waals surface area contributed by atoms with Crippen molar-refractivity contribution < 1.29 is 14.3 Å². The van der Waals surface area contributed by atoms with Crippen molar-refractivity contribution in [3.63, 3.8) is 0 Å². The van der Waals surface area contributed by atoms with Crippen molar-refractivity contribution in [3.05, 3.63) is 35.9 Å². The Morgan fingerprint density at radius 3 is 2.50 bits per heavy atom. The molecule has 5 nitrogen and oxygen atoms in total. The van der Waals surface area contributed by atoms with E-state index in [2.05, 4.69) is 22.8 Å². The van der Waals surface area contributed by atoms with Crippen LogP contribution in [0.1, 0.15) is 51.0 Å². The fourth-order valence-corrected chi connectivity index (χ4v) is 3.05. The first kappa shape index (κ1) is 18.3. The number of ether oxygens (including phenoxy) is 1. The molecule has 0 unspecified atom stereocenters. The number of nitrogens with one attached hydrogen (secondary N) is 2. The second-order valence-electron chi connectivity index (χ2n) is 6.31. The van der Waals surface area contributed by atoms with E-state index in [1.54, 1.807) is 0 Å². The average molecular weight is 332 g/mol. The summed E-state index contributed by atoms with van der Waals surface area (Å²) in [5.41, 5.74) is 1.25. The fourth-order valence-electron chi connectivity index (χ4n) is 3.05. The Balaban J connectivity index is 1.59. The van der Waals surface area contributed by atoms with Crippen LogP contribution < -0.4 is 10.6 Å². The van der Waals surface area contributed by atoms with Gasteiger partial charge in [0.25, 0.3) is 0 Å². The summed E-state index contributed by atoms with van der Waals surface area (Å²) in [6, 6.07) is 10.3. The Bertz CT molecular complexity index is 511. The number of carbonyl (C=O) groups excluding carboxylic acids is 2. The molecule has 1 fully saturated rings. The molecule has 0 aromatic heterocycles. The largest absolute Gasteiger partial charge is 0.462 e. The molecule has 2 N–H and O–H groups in total. The maximum atomic E-state index is 11.9. The first-order valence-corrected chi connectivity index (χ1v) is 8.95. The summed E-state index contributed by atoms with van der Waals surface area (Å²) in [5, 5.41) is 5.69. The van der Waals surface area contributed by atoms with Crippen molar-refractivity contribution in [2.24, 2.45) is 0 Å². The number of hydrogen-bond acceptors (Lipinski definition) is 3. The minimum Gasteiger partial charge on any atom is -0.462 e. The highest BCUT2D eigenvalue weighted by Crippen LogP contribution is 2.22. The second kappa shape index (κ2) is 9.96. The molecule has 0 radical (unpaired) electrons. The zero-order valence-corrected chi connectivity index (χ0v) is 14.4. The number of benzene rings is 1. The lowest BCUT2D eigenvalue weighted by Gasteiger charge is -2.28. The van der Waals surface area contributed by atoms with E-state index < -0.39 is 0 Å². The monoisotopic (exact) mass is 332 g/mol. The predicted molar refractivity (Wildman–Crippen MR) is 93.7 cm³/mol. The van der Waals surface area contributed by atoms with E-state index in [9.17, 15) is 9.59 Å². The highest BCUT2D eigenvalue weighted by Gasteiger charge is 2.24. The highest BCUT2D eigenvalue weighted by molar-refractivity contribution is 5.74. The highest BCUT2D eigenvalue weighted by atomic mass is 16.5. The summed E-state index contributed by atoms with van der Waals surface area (Å²) in [5.74, 6) is -0.105. The van der Waals surface area contributed by atoms with Crippen LogP contribution in [-0.2, 0) is 16.0 Å². The van der Waals surface area contributed by atoms with Gasteiger partial charge in [-0.3, -0.25) is 4.79 Å². The van der Waals surface area contributed by atoms with E-state index in [0.717, 1.165) is 38.5 Å². The Kier molecular flexibility index (Phi) is 7.59. The molecule has 1 saturated carbocycles. The van der Waals surface area contributed by atoms with Crippen LogP contribution in [0, 0.1) is 0 Å². The molecule has 1 aromatic carbocycles. The van der Waals surface area contributed by atoms with Gasteiger partial charge in [0.15, 0.2) is 0 Å². The van der Waals surface area contributed by atoms with E-state index in [1.165, 1.54) is 5.56 Å². The van der Waals surface area contributed by atoms with E-state index in [-0.39, 0.29) is 24.1 Å². The van der Waals surface area contributed by atoms with Gasteiger partial charge in [-0.2, -0.15) is 0 Å². The first-order valence-electron chi connectivity index (χ1n) is 8.95. The minimum absolute atomic E-state index is 0.00140. The standard InChI is InChI=1S/C19H28N2O3/c1-2-20-19(23)21-16-11-13-17(14-12-16)24-18(22)10-6-9-15-7-4-3-5-8-15/h3-5,7-8,16-17H,2,6,9-14H2,1H3,(H2,20,21,23). The molecule has 0 bridgehead atoms. The van der Waals surface area contributed by atoms with E-state index in [4.69, 9.17) is 4.74 Å². The molecule has 0 atom stereocenters. The van der Waals surface area contributed by atoms with Gasteiger partial charge in [0.2, 0.25) is 0 Å². The molecule has 1 aliphatic carbocycles. The van der Waals surface area contributed by atoms with Gasteiger partial charge >= 0.3 is 12.0 Å².